The highest BCUT2D eigenvalue weighted by Gasteiger charge is 2.31. The van der Waals surface area contributed by atoms with Gasteiger partial charge in [-0.25, -0.2) is 0 Å². The number of hydrogen-bond donors (Lipinski definition) is 1. The molecule has 0 aliphatic carbocycles. The summed E-state index contributed by atoms with van der Waals surface area (Å²) in [4.78, 5) is 14.3. The monoisotopic (exact) mass is 277 g/mol. The number of hydrogen-bond acceptors (Lipinski definition) is 3. The van der Waals surface area contributed by atoms with Crippen LogP contribution in [-0.2, 0) is 0 Å². The molecule has 104 valence electrons. The molecule has 0 fully saturated rings. The molecular formula is C17H15N3O. The van der Waals surface area contributed by atoms with Crippen LogP contribution in [0.15, 0.2) is 42.5 Å². The van der Waals surface area contributed by atoms with Gasteiger partial charge in [-0.1, -0.05) is 24.3 Å². The average molecular weight is 277 g/mol. The summed E-state index contributed by atoms with van der Waals surface area (Å²) < 4.78 is 0. The number of carbonyl (C=O) groups excluding carboxylic acids is 1. The third-order valence-electron chi connectivity index (χ3n) is 3.82. The Balaban J connectivity index is 2.07. The van der Waals surface area contributed by atoms with Crippen molar-refractivity contribution in [2.75, 3.05) is 12.4 Å². The van der Waals surface area contributed by atoms with Gasteiger partial charge in [-0.05, 0) is 36.2 Å². The molecule has 4 nitrogen and oxygen atoms in total. The van der Waals surface area contributed by atoms with Gasteiger partial charge in [0.1, 0.15) is 6.17 Å². The van der Waals surface area contributed by atoms with Crippen molar-refractivity contribution in [3.63, 3.8) is 0 Å². The quantitative estimate of drug-likeness (QED) is 0.871. The van der Waals surface area contributed by atoms with Gasteiger partial charge < -0.3 is 10.2 Å². The average Bonchev–Trinajstić information content (AvgIpc) is 2.50. The lowest BCUT2D eigenvalue weighted by Gasteiger charge is -2.36. The molecule has 2 aromatic rings. The molecule has 1 aliphatic rings. The van der Waals surface area contributed by atoms with Crippen LogP contribution >= 0.6 is 0 Å². The number of nitriles is 1. The first-order valence-electron chi connectivity index (χ1n) is 6.75. The maximum Gasteiger partial charge on any atom is 0.257 e. The molecule has 1 amide bonds. The summed E-state index contributed by atoms with van der Waals surface area (Å²) in [6.45, 7) is 1.93. The molecule has 1 heterocycles. The van der Waals surface area contributed by atoms with E-state index in [9.17, 15) is 4.79 Å². The molecule has 0 saturated carbocycles. The number of amides is 1. The van der Waals surface area contributed by atoms with Crippen LogP contribution in [0.1, 0.15) is 33.2 Å². The summed E-state index contributed by atoms with van der Waals surface area (Å²) in [6, 6.07) is 15.2. The van der Waals surface area contributed by atoms with Gasteiger partial charge in [-0.15, -0.1) is 0 Å². The van der Waals surface area contributed by atoms with Gasteiger partial charge in [0.15, 0.2) is 0 Å². The maximum atomic E-state index is 12.6. The lowest BCUT2D eigenvalue weighted by molar-refractivity contribution is 0.0734. The zero-order chi connectivity index (χ0) is 15.0. The molecular weight excluding hydrogens is 262 g/mol. The lowest BCUT2D eigenvalue weighted by atomic mass is 9.99. The molecule has 1 atom stereocenters. The van der Waals surface area contributed by atoms with Gasteiger partial charge in [-0.2, -0.15) is 5.26 Å². The molecule has 1 N–H and O–H groups in total. The molecule has 0 spiro atoms. The number of nitrogens with one attached hydrogen (secondary N) is 1. The summed E-state index contributed by atoms with van der Waals surface area (Å²) in [5.41, 5.74) is 4.00. The number of nitrogens with zero attached hydrogens (tertiary/aromatic N) is 2. The fourth-order valence-electron chi connectivity index (χ4n) is 2.69. The Morgan fingerprint density at radius 3 is 2.76 bits per heavy atom. The Morgan fingerprint density at radius 1 is 1.24 bits per heavy atom. The fourth-order valence-corrected chi connectivity index (χ4v) is 2.69. The van der Waals surface area contributed by atoms with Crippen LogP contribution in [0.3, 0.4) is 0 Å². The first kappa shape index (κ1) is 13.2. The van der Waals surface area contributed by atoms with Crippen LogP contribution in [0.5, 0.6) is 0 Å². The smallest absolute Gasteiger partial charge is 0.257 e. The molecule has 0 aromatic heterocycles. The highest BCUT2D eigenvalue weighted by molar-refractivity contribution is 6.02. The minimum absolute atomic E-state index is 0.00536. The van der Waals surface area contributed by atoms with Crippen LogP contribution in [0.2, 0.25) is 0 Å². The molecule has 1 aliphatic heterocycles. The van der Waals surface area contributed by atoms with Gasteiger partial charge in [0, 0.05) is 12.7 Å². The minimum Gasteiger partial charge on any atom is -0.361 e. The van der Waals surface area contributed by atoms with E-state index in [0.717, 1.165) is 16.8 Å². The molecule has 0 saturated heterocycles. The minimum atomic E-state index is -0.264. The van der Waals surface area contributed by atoms with E-state index in [1.165, 1.54) is 0 Å². The summed E-state index contributed by atoms with van der Waals surface area (Å²) in [5, 5.41) is 12.4. The van der Waals surface area contributed by atoms with Gasteiger partial charge in [0.05, 0.1) is 17.2 Å². The van der Waals surface area contributed by atoms with Crippen molar-refractivity contribution in [3.05, 3.63) is 64.7 Å². The first-order chi connectivity index (χ1) is 10.1. The van der Waals surface area contributed by atoms with E-state index in [0.29, 0.717) is 11.1 Å². The molecule has 0 bridgehead atoms. The van der Waals surface area contributed by atoms with E-state index >= 15 is 0 Å². The molecule has 3 rings (SSSR count). The fraction of sp³-hybridized carbons (Fsp3) is 0.176. The number of fused-ring (bicyclic) bond motifs is 1. The van der Waals surface area contributed by atoms with Crippen LogP contribution in [0, 0.1) is 18.3 Å². The summed E-state index contributed by atoms with van der Waals surface area (Å²) >= 11 is 0. The third kappa shape index (κ3) is 2.13. The molecule has 4 heteroatoms. The Bertz CT molecular complexity index is 761. The predicted molar refractivity (Wildman–Crippen MR) is 80.8 cm³/mol. The normalized spacial score (nSPS) is 16.9. The van der Waals surface area contributed by atoms with Gasteiger partial charge >= 0.3 is 0 Å². The van der Waals surface area contributed by atoms with Crippen molar-refractivity contribution in [2.45, 2.75) is 13.1 Å². The SMILES string of the molecule is Cc1cccc2c1C(=O)N(C)[C@@H](c1cccc(C#N)c1)N2. The highest BCUT2D eigenvalue weighted by Crippen LogP contribution is 2.33. The lowest BCUT2D eigenvalue weighted by Crippen LogP contribution is -2.40. The number of anilines is 1. The second kappa shape index (κ2) is 4.95. The van der Waals surface area contributed by atoms with E-state index in [1.54, 1.807) is 18.0 Å². The van der Waals surface area contributed by atoms with Crippen molar-refractivity contribution < 1.29 is 4.79 Å². The Kier molecular flexibility index (Phi) is 3.11. The standard InChI is InChI=1S/C17H15N3O/c1-11-5-3-8-14-15(11)17(21)20(2)16(19-14)13-7-4-6-12(9-13)10-18/h3-9,16,19H,1-2H3/t16-/m0/s1. The van der Waals surface area contributed by atoms with E-state index in [-0.39, 0.29) is 12.1 Å². The summed E-state index contributed by atoms with van der Waals surface area (Å²) in [6.07, 6.45) is -0.264. The predicted octanol–water partition coefficient (Wildman–Crippen LogP) is 3.06. The zero-order valence-corrected chi connectivity index (χ0v) is 11.9. The van der Waals surface area contributed by atoms with Crippen LogP contribution in [-0.4, -0.2) is 17.9 Å². The number of rotatable bonds is 1. The van der Waals surface area contributed by atoms with Crippen molar-refractivity contribution in [2.24, 2.45) is 0 Å². The van der Waals surface area contributed by atoms with Crippen molar-refractivity contribution in [1.29, 1.82) is 5.26 Å². The Morgan fingerprint density at radius 2 is 2.00 bits per heavy atom. The number of carbonyl (C=O) groups is 1. The molecule has 21 heavy (non-hydrogen) atoms. The second-order valence-electron chi connectivity index (χ2n) is 5.20. The van der Waals surface area contributed by atoms with Crippen LogP contribution in [0.25, 0.3) is 0 Å². The molecule has 0 unspecified atom stereocenters. The largest absolute Gasteiger partial charge is 0.361 e. The molecule has 0 radical (unpaired) electrons. The Labute approximate surface area is 123 Å². The van der Waals surface area contributed by atoms with E-state index < -0.39 is 0 Å². The van der Waals surface area contributed by atoms with Crippen molar-refractivity contribution >= 4 is 11.6 Å². The molecule has 2 aromatic carbocycles. The Hall–Kier alpha value is -2.80. The van der Waals surface area contributed by atoms with E-state index in [1.807, 2.05) is 43.3 Å². The first-order valence-corrected chi connectivity index (χ1v) is 6.75. The zero-order valence-electron chi connectivity index (χ0n) is 11.9. The number of aryl methyl sites for hydroxylation is 1. The summed E-state index contributed by atoms with van der Waals surface area (Å²) in [7, 11) is 1.77. The third-order valence-corrected chi connectivity index (χ3v) is 3.82. The van der Waals surface area contributed by atoms with E-state index in [4.69, 9.17) is 5.26 Å². The highest BCUT2D eigenvalue weighted by atomic mass is 16.2. The second-order valence-corrected chi connectivity index (χ2v) is 5.20. The maximum absolute atomic E-state index is 12.6. The van der Waals surface area contributed by atoms with Gasteiger partial charge in [0.2, 0.25) is 0 Å². The number of benzene rings is 2. The topological polar surface area (TPSA) is 56.1 Å². The van der Waals surface area contributed by atoms with Gasteiger partial charge in [0.25, 0.3) is 5.91 Å². The van der Waals surface area contributed by atoms with Crippen molar-refractivity contribution in [3.8, 4) is 6.07 Å². The van der Waals surface area contributed by atoms with Crippen molar-refractivity contribution in [1.82, 2.24) is 4.90 Å². The van der Waals surface area contributed by atoms with Crippen LogP contribution in [0.4, 0.5) is 5.69 Å². The van der Waals surface area contributed by atoms with E-state index in [2.05, 4.69) is 11.4 Å². The summed E-state index contributed by atoms with van der Waals surface area (Å²) in [5.74, 6) is -0.00536. The van der Waals surface area contributed by atoms with Gasteiger partial charge in [-0.3, -0.25) is 4.79 Å². The van der Waals surface area contributed by atoms with Crippen LogP contribution < -0.4 is 5.32 Å².